The van der Waals surface area contributed by atoms with E-state index in [1.807, 2.05) is 0 Å². The van der Waals surface area contributed by atoms with E-state index in [4.69, 9.17) is 0 Å². The number of aromatic nitrogens is 1. The zero-order valence-corrected chi connectivity index (χ0v) is 10.2. The van der Waals surface area contributed by atoms with Crippen molar-refractivity contribution in [3.8, 4) is 0 Å². The Hall–Kier alpha value is -1.69. The Kier molecular flexibility index (Phi) is 2.66. The minimum atomic E-state index is -0.346. The zero-order chi connectivity index (χ0) is 12.7. The van der Waals surface area contributed by atoms with Crippen LogP contribution < -0.4 is 10.2 Å². The summed E-state index contributed by atoms with van der Waals surface area (Å²) in [4.78, 5) is 16.7. The molecular formula is C12H16N4O2. The van der Waals surface area contributed by atoms with Gasteiger partial charge in [0.05, 0.1) is 4.92 Å². The summed E-state index contributed by atoms with van der Waals surface area (Å²) < 4.78 is 0. The van der Waals surface area contributed by atoms with Gasteiger partial charge in [0.25, 0.3) is 0 Å². The number of rotatable bonds is 2. The number of hydrogen-bond acceptors (Lipinski definition) is 5. The van der Waals surface area contributed by atoms with Crippen LogP contribution in [-0.4, -0.2) is 35.6 Å². The fourth-order valence-electron chi connectivity index (χ4n) is 3.25. The van der Waals surface area contributed by atoms with Gasteiger partial charge in [-0.2, -0.15) is 0 Å². The van der Waals surface area contributed by atoms with Crippen LogP contribution in [0.4, 0.5) is 11.4 Å². The molecule has 1 N–H and O–H groups in total. The normalized spacial score (nSPS) is 30.5. The van der Waals surface area contributed by atoms with Crippen molar-refractivity contribution in [2.75, 3.05) is 24.5 Å². The largest absolute Gasteiger partial charge is 0.363 e. The lowest BCUT2D eigenvalue weighted by molar-refractivity contribution is -0.384. The molecule has 0 saturated carbocycles. The Labute approximate surface area is 105 Å². The summed E-state index contributed by atoms with van der Waals surface area (Å²) in [7, 11) is 0. The number of nitrogens with one attached hydrogen (secondary N) is 1. The fourth-order valence-corrected chi connectivity index (χ4v) is 3.25. The topological polar surface area (TPSA) is 71.3 Å². The lowest BCUT2D eigenvalue weighted by Crippen LogP contribution is -2.33. The minimum absolute atomic E-state index is 0.109. The van der Waals surface area contributed by atoms with E-state index < -0.39 is 0 Å². The van der Waals surface area contributed by atoms with Crippen molar-refractivity contribution < 1.29 is 4.92 Å². The molecule has 0 bridgehead atoms. The predicted molar refractivity (Wildman–Crippen MR) is 67.5 cm³/mol. The van der Waals surface area contributed by atoms with Gasteiger partial charge in [0, 0.05) is 31.9 Å². The first-order valence-corrected chi connectivity index (χ1v) is 6.24. The second-order valence-corrected chi connectivity index (χ2v) is 5.10. The van der Waals surface area contributed by atoms with Gasteiger partial charge in [-0.15, -0.1) is 0 Å². The van der Waals surface area contributed by atoms with Crippen LogP contribution in [0.15, 0.2) is 18.5 Å². The highest BCUT2D eigenvalue weighted by molar-refractivity contribution is 5.63. The molecule has 96 valence electrons. The molecule has 6 heteroatoms. The monoisotopic (exact) mass is 248 g/mol. The van der Waals surface area contributed by atoms with Gasteiger partial charge in [-0.25, -0.2) is 0 Å². The summed E-state index contributed by atoms with van der Waals surface area (Å²) >= 11 is 0. The maximum atomic E-state index is 11.1. The summed E-state index contributed by atoms with van der Waals surface area (Å²) in [6.07, 6.45) is 2.97. The third-order valence-electron chi connectivity index (χ3n) is 4.22. The molecule has 1 aromatic rings. The molecule has 0 aromatic carbocycles. The van der Waals surface area contributed by atoms with Gasteiger partial charge in [0.1, 0.15) is 11.9 Å². The van der Waals surface area contributed by atoms with Crippen LogP contribution in [0.25, 0.3) is 0 Å². The maximum absolute atomic E-state index is 11.1. The van der Waals surface area contributed by atoms with E-state index in [2.05, 4.69) is 22.1 Å². The number of pyridine rings is 1. The number of anilines is 1. The van der Waals surface area contributed by atoms with Crippen molar-refractivity contribution in [3.63, 3.8) is 0 Å². The van der Waals surface area contributed by atoms with Crippen LogP contribution >= 0.6 is 0 Å². The van der Waals surface area contributed by atoms with E-state index in [-0.39, 0.29) is 10.6 Å². The molecule has 3 unspecified atom stereocenters. The minimum Gasteiger partial charge on any atom is -0.363 e. The first-order chi connectivity index (χ1) is 8.68. The van der Waals surface area contributed by atoms with Gasteiger partial charge in [-0.1, -0.05) is 0 Å². The summed E-state index contributed by atoms with van der Waals surface area (Å²) in [5.41, 5.74) is 0.814. The average Bonchev–Trinajstić information content (AvgIpc) is 2.93. The molecule has 2 aliphatic heterocycles. The Balaban J connectivity index is 1.94. The smallest absolute Gasteiger partial charge is 0.310 e. The quantitative estimate of drug-likeness (QED) is 0.625. The van der Waals surface area contributed by atoms with Gasteiger partial charge < -0.3 is 10.2 Å². The van der Waals surface area contributed by atoms with Gasteiger partial charge in [-0.05, 0) is 24.8 Å². The standard InChI is InChI=1S/C12H16N4O2/c1-8-10-5-14-4-9(10)7-15(8)11-2-3-13-6-12(11)16(17)18/h2-3,6,8-10,14H,4-5,7H2,1H3. The molecule has 0 aliphatic carbocycles. The number of nitro groups is 1. The molecule has 3 atom stereocenters. The van der Waals surface area contributed by atoms with E-state index in [0.717, 1.165) is 19.6 Å². The molecule has 2 aliphatic rings. The highest BCUT2D eigenvalue weighted by Crippen LogP contribution is 2.38. The van der Waals surface area contributed by atoms with Crippen LogP contribution in [0.2, 0.25) is 0 Å². The highest BCUT2D eigenvalue weighted by Gasteiger charge is 2.43. The van der Waals surface area contributed by atoms with Gasteiger partial charge in [0.2, 0.25) is 0 Å². The van der Waals surface area contributed by atoms with E-state index in [9.17, 15) is 10.1 Å². The first-order valence-electron chi connectivity index (χ1n) is 6.24. The van der Waals surface area contributed by atoms with Crippen LogP contribution in [0, 0.1) is 22.0 Å². The maximum Gasteiger partial charge on any atom is 0.310 e. The third kappa shape index (κ3) is 1.64. The summed E-state index contributed by atoms with van der Waals surface area (Å²) in [6.45, 7) is 5.08. The Morgan fingerprint density at radius 3 is 3.11 bits per heavy atom. The second-order valence-electron chi connectivity index (χ2n) is 5.10. The van der Waals surface area contributed by atoms with Gasteiger partial charge >= 0.3 is 5.69 Å². The van der Waals surface area contributed by atoms with Crippen LogP contribution in [0.3, 0.4) is 0 Å². The molecule has 18 heavy (non-hydrogen) atoms. The van der Waals surface area contributed by atoms with Crippen molar-refractivity contribution in [2.24, 2.45) is 11.8 Å². The Bertz CT molecular complexity index is 479. The predicted octanol–water partition coefficient (Wildman–Crippen LogP) is 1.03. The van der Waals surface area contributed by atoms with E-state index in [1.165, 1.54) is 6.20 Å². The van der Waals surface area contributed by atoms with E-state index in [0.29, 0.717) is 23.6 Å². The molecule has 0 amide bonds. The number of nitrogens with zero attached hydrogens (tertiary/aromatic N) is 3. The Morgan fingerprint density at radius 1 is 1.56 bits per heavy atom. The van der Waals surface area contributed by atoms with Gasteiger partial charge in [0.15, 0.2) is 0 Å². The van der Waals surface area contributed by atoms with E-state index >= 15 is 0 Å². The fraction of sp³-hybridized carbons (Fsp3) is 0.583. The molecule has 2 fully saturated rings. The van der Waals surface area contributed by atoms with Crippen LogP contribution in [0.5, 0.6) is 0 Å². The van der Waals surface area contributed by atoms with Gasteiger partial charge in [-0.3, -0.25) is 15.1 Å². The van der Waals surface area contributed by atoms with Crippen LogP contribution in [0.1, 0.15) is 6.92 Å². The second kappa shape index (κ2) is 4.20. The third-order valence-corrected chi connectivity index (χ3v) is 4.22. The summed E-state index contributed by atoms with van der Waals surface area (Å²) in [5, 5.41) is 14.4. The molecule has 3 rings (SSSR count). The Morgan fingerprint density at radius 2 is 2.39 bits per heavy atom. The molecule has 6 nitrogen and oxygen atoms in total. The zero-order valence-electron chi connectivity index (χ0n) is 10.2. The molecule has 3 heterocycles. The summed E-state index contributed by atoms with van der Waals surface area (Å²) in [6, 6.07) is 2.09. The molecule has 1 aromatic heterocycles. The van der Waals surface area contributed by atoms with Crippen molar-refractivity contribution in [1.82, 2.24) is 10.3 Å². The lowest BCUT2D eigenvalue weighted by atomic mass is 9.95. The van der Waals surface area contributed by atoms with Crippen molar-refractivity contribution in [2.45, 2.75) is 13.0 Å². The highest BCUT2D eigenvalue weighted by atomic mass is 16.6. The van der Waals surface area contributed by atoms with Crippen molar-refractivity contribution in [1.29, 1.82) is 0 Å². The molecular weight excluding hydrogens is 232 g/mol. The lowest BCUT2D eigenvalue weighted by Gasteiger charge is -2.26. The first kappa shape index (κ1) is 11.4. The number of fused-ring (bicyclic) bond motifs is 1. The van der Waals surface area contributed by atoms with Crippen molar-refractivity contribution >= 4 is 11.4 Å². The molecule has 0 spiro atoms. The SMILES string of the molecule is CC1C2CNCC2CN1c1ccncc1[N+](=O)[O-]. The molecule has 2 saturated heterocycles. The number of hydrogen-bond donors (Lipinski definition) is 1. The summed E-state index contributed by atoms with van der Waals surface area (Å²) in [5.74, 6) is 1.20. The van der Waals surface area contributed by atoms with Crippen molar-refractivity contribution in [3.05, 3.63) is 28.6 Å². The van der Waals surface area contributed by atoms with Crippen LogP contribution in [-0.2, 0) is 0 Å². The average molecular weight is 248 g/mol. The molecule has 0 radical (unpaired) electrons. The van der Waals surface area contributed by atoms with E-state index in [1.54, 1.807) is 12.3 Å².